The summed E-state index contributed by atoms with van der Waals surface area (Å²) in [6, 6.07) is 12.6. The van der Waals surface area contributed by atoms with Gasteiger partial charge in [-0.3, -0.25) is 14.5 Å². The first-order chi connectivity index (χ1) is 15.3. The van der Waals surface area contributed by atoms with Crippen LogP contribution in [0.2, 0.25) is 5.02 Å². The van der Waals surface area contributed by atoms with Gasteiger partial charge in [0.2, 0.25) is 0 Å². The number of hydrogen-bond acceptors (Lipinski definition) is 5. The second-order valence-corrected chi connectivity index (χ2v) is 8.30. The van der Waals surface area contributed by atoms with Gasteiger partial charge in [0.1, 0.15) is 11.4 Å². The fourth-order valence-corrected chi connectivity index (χ4v) is 3.48. The molecule has 2 aromatic carbocycles. The number of anilines is 1. The molecule has 32 heavy (non-hydrogen) atoms. The maximum Gasteiger partial charge on any atom is 0.278 e. The number of rotatable bonds is 10. The molecule has 1 aliphatic heterocycles. The van der Waals surface area contributed by atoms with Crippen LogP contribution in [0.4, 0.5) is 5.69 Å². The zero-order valence-electron chi connectivity index (χ0n) is 18.9. The first-order valence-electron chi connectivity index (χ1n) is 10.8. The molecule has 0 radical (unpaired) electrons. The molecule has 0 bridgehead atoms. The van der Waals surface area contributed by atoms with Crippen molar-refractivity contribution in [2.45, 2.75) is 40.2 Å². The third-order valence-electron chi connectivity index (χ3n) is 4.99. The van der Waals surface area contributed by atoms with Gasteiger partial charge in [0.05, 0.1) is 31.4 Å². The summed E-state index contributed by atoms with van der Waals surface area (Å²) in [5.74, 6) is -0.0272. The molecule has 6 nitrogen and oxygen atoms in total. The highest BCUT2D eigenvalue weighted by Crippen LogP contribution is 2.32. The van der Waals surface area contributed by atoms with E-state index in [-0.39, 0.29) is 36.8 Å². The van der Waals surface area contributed by atoms with Gasteiger partial charge in [-0.2, -0.15) is 0 Å². The fraction of sp³-hybridized carbons (Fsp3) is 0.360. The first kappa shape index (κ1) is 23.8. The van der Waals surface area contributed by atoms with Crippen molar-refractivity contribution in [3.05, 3.63) is 64.3 Å². The number of carbonyl (C=O) groups excluding carboxylic acids is 2. The van der Waals surface area contributed by atoms with E-state index in [1.54, 1.807) is 30.3 Å². The number of nitrogens with zero attached hydrogens (tertiary/aromatic N) is 1. The van der Waals surface area contributed by atoms with Crippen molar-refractivity contribution in [1.29, 1.82) is 0 Å². The van der Waals surface area contributed by atoms with Crippen LogP contribution in [0.15, 0.2) is 48.2 Å². The van der Waals surface area contributed by atoms with Crippen LogP contribution >= 0.6 is 11.6 Å². The number of ether oxygens (including phenoxy) is 2. The Morgan fingerprint density at radius 2 is 1.75 bits per heavy atom. The normalized spacial score (nSPS) is 14.0. The molecule has 7 heteroatoms. The number of aryl methyl sites for hydroxylation is 1. The van der Waals surface area contributed by atoms with Gasteiger partial charge in [0.25, 0.3) is 11.8 Å². The minimum atomic E-state index is -0.389. The molecular formula is C25H29ClN2O4. The molecule has 0 atom stereocenters. The molecule has 0 fully saturated rings. The Kier molecular flexibility index (Phi) is 7.94. The van der Waals surface area contributed by atoms with Gasteiger partial charge in [-0.15, -0.1) is 0 Å². The topological polar surface area (TPSA) is 67.9 Å². The van der Waals surface area contributed by atoms with Crippen LogP contribution in [0.25, 0.3) is 5.57 Å². The molecule has 1 heterocycles. The van der Waals surface area contributed by atoms with Crippen LogP contribution in [0, 0.1) is 6.92 Å². The Hall–Kier alpha value is -2.83. The Balaban J connectivity index is 1.94. The Labute approximate surface area is 194 Å². The van der Waals surface area contributed by atoms with E-state index in [1.807, 2.05) is 39.8 Å². The molecule has 170 valence electrons. The summed E-state index contributed by atoms with van der Waals surface area (Å²) in [7, 11) is 0. The van der Waals surface area contributed by atoms with Crippen LogP contribution in [0.5, 0.6) is 5.75 Å². The Morgan fingerprint density at radius 3 is 2.38 bits per heavy atom. The highest BCUT2D eigenvalue weighted by atomic mass is 35.5. The van der Waals surface area contributed by atoms with Crippen molar-refractivity contribution in [2.24, 2.45) is 0 Å². The van der Waals surface area contributed by atoms with Crippen LogP contribution < -0.4 is 10.1 Å². The third kappa shape index (κ3) is 5.50. The van der Waals surface area contributed by atoms with Gasteiger partial charge < -0.3 is 14.8 Å². The zero-order chi connectivity index (χ0) is 23.3. The molecule has 3 rings (SSSR count). The van der Waals surface area contributed by atoms with E-state index in [2.05, 4.69) is 5.32 Å². The van der Waals surface area contributed by atoms with Crippen LogP contribution in [0.1, 0.15) is 38.3 Å². The van der Waals surface area contributed by atoms with E-state index in [1.165, 1.54) is 4.90 Å². The minimum Gasteiger partial charge on any atom is -0.494 e. The maximum atomic E-state index is 13.3. The molecule has 0 unspecified atom stereocenters. The molecule has 2 aromatic rings. The van der Waals surface area contributed by atoms with E-state index in [9.17, 15) is 9.59 Å². The lowest BCUT2D eigenvalue weighted by atomic mass is 10.0. The van der Waals surface area contributed by atoms with Crippen molar-refractivity contribution in [3.63, 3.8) is 0 Å². The predicted octanol–water partition coefficient (Wildman–Crippen LogP) is 5.05. The molecule has 0 saturated heterocycles. The summed E-state index contributed by atoms with van der Waals surface area (Å²) in [6.07, 6.45) is 0.915. The highest BCUT2D eigenvalue weighted by molar-refractivity contribution is 6.36. The van der Waals surface area contributed by atoms with E-state index < -0.39 is 0 Å². The van der Waals surface area contributed by atoms with Crippen molar-refractivity contribution in [3.8, 4) is 5.75 Å². The Bertz CT molecular complexity index is 1020. The molecule has 0 aliphatic carbocycles. The van der Waals surface area contributed by atoms with E-state index in [0.717, 1.165) is 17.7 Å². The third-order valence-corrected chi connectivity index (χ3v) is 5.40. The lowest BCUT2D eigenvalue weighted by Gasteiger charge is -2.16. The second-order valence-electron chi connectivity index (χ2n) is 7.89. The largest absolute Gasteiger partial charge is 0.494 e. The summed E-state index contributed by atoms with van der Waals surface area (Å²) in [5.41, 5.74) is 2.74. The summed E-state index contributed by atoms with van der Waals surface area (Å²) in [4.78, 5) is 27.7. The van der Waals surface area contributed by atoms with Crippen molar-refractivity contribution in [2.75, 3.05) is 25.1 Å². The number of nitrogens with one attached hydrogen (secondary N) is 1. The second kappa shape index (κ2) is 10.7. The number of benzene rings is 2. The number of carbonyl (C=O) groups is 2. The zero-order valence-corrected chi connectivity index (χ0v) is 19.7. The number of imide groups is 1. The molecule has 2 amide bonds. The molecule has 0 saturated carbocycles. The average Bonchev–Trinajstić information content (AvgIpc) is 2.99. The predicted molar refractivity (Wildman–Crippen MR) is 127 cm³/mol. The van der Waals surface area contributed by atoms with E-state index >= 15 is 0 Å². The van der Waals surface area contributed by atoms with Crippen LogP contribution in [-0.2, 0) is 14.3 Å². The highest BCUT2D eigenvalue weighted by Gasteiger charge is 2.39. The molecule has 1 aliphatic rings. The van der Waals surface area contributed by atoms with Crippen LogP contribution in [0.3, 0.4) is 0 Å². The van der Waals surface area contributed by atoms with Gasteiger partial charge in [-0.25, -0.2) is 0 Å². The lowest BCUT2D eigenvalue weighted by Crippen LogP contribution is -2.35. The standard InChI is InChI=1S/C25H29ClN2O4/c1-5-13-32-20-10-7-18(8-11-20)22-23(27-19-9-6-17(4)21(26)15-19)25(30)28(24(22)29)12-14-31-16(2)3/h6-11,15-16,27H,5,12-14H2,1-4H3. The van der Waals surface area contributed by atoms with Gasteiger partial charge >= 0.3 is 0 Å². The summed E-state index contributed by atoms with van der Waals surface area (Å²) in [6.45, 7) is 8.83. The molecule has 0 aromatic heterocycles. The van der Waals surface area contributed by atoms with E-state index in [0.29, 0.717) is 28.5 Å². The van der Waals surface area contributed by atoms with Gasteiger partial charge in [0.15, 0.2) is 0 Å². The quantitative estimate of drug-likeness (QED) is 0.506. The minimum absolute atomic E-state index is 0.0122. The summed E-state index contributed by atoms with van der Waals surface area (Å²) < 4.78 is 11.2. The monoisotopic (exact) mass is 456 g/mol. The van der Waals surface area contributed by atoms with Gasteiger partial charge in [-0.05, 0) is 62.6 Å². The first-order valence-corrected chi connectivity index (χ1v) is 11.2. The number of halogens is 1. The van der Waals surface area contributed by atoms with E-state index in [4.69, 9.17) is 21.1 Å². The average molecular weight is 457 g/mol. The maximum absolute atomic E-state index is 13.3. The number of amides is 2. The SMILES string of the molecule is CCCOc1ccc(C2=C(Nc3ccc(C)c(Cl)c3)C(=O)N(CCOC(C)C)C2=O)cc1. The van der Waals surface area contributed by atoms with Crippen molar-refractivity contribution >= 4 is 34.7 Å². The molecule has 1 N–H and O–H groups in total. The lowest BCUT2D eigenvalue weighted by molar-refractivity contribution is -0.137. The number of hydrogen-bond donors (Lipinski definition) is 1. The van der Waals surface area contributed by atoms with Gasteiger partial charge in [0, 0.05) is 10.7 Å². The Morgan fingerprint density at radius 1 is 1.03 bits per heavy atom. The van der Waals surface area contributed by atoms with Crippen molar-refractivity contribution < 1.29 is 19.1 Å². The van der Waals surface area contributed by atoms with Crippen molar-refractivity contribution in [1.82, 2.24) is 4.90 Å². The fourth-order valence-electron chi connectivity index (χ4n) is 3.30. The summed E-state index contributed by atoms with van der Waals surface area (Å²) in [5, 5.41) is 3.70. The summed E-state index contributed by atoms with van der Waals surface area (Å²) >= 11 is 6.25. The van der Waals surface area contributed by atoms with Gasteiger partial charge in [-0.1, -0.05) is 36.7 Å². The molecule has 0 spiro atoms. The molecular weight excluding hydrogens is 428 g/mol. The smallest absolute Gasteiger partial charge is 0.278 e. The van der Waals surface area contributed by atoms with Crippen LogP contribution in [-0.4, -0.2) is 42.6 Å².